The van der Waals surface area contributed by atoms with Crippen LogP contribution in [0.15, 0.2) is 54.7 Å². The molecule has 3 nitrogen and oxygen atoms in total. The van der Waals surface area contributed by atoms with Gasteiger partial charge in [-0.15, -0.1) is 0 Å². The van der Waals surface area contributed by atoms with Crippen molar-refractivity contribution in [1.29, 1.82) is 0 Å². The molecule has 0 bridgehead atoms. The van der Waals surface area contributed by atoms with E-state index in [2.05, 4.69) is 4.98 Å². The van der Waals surface area contributed by atoms with Gasteiger partial charge in [0.15, 0.2) is 5.75 Å². The van der Waals surface area contributed by atoms with Crippen LogP contribution in [0.2, 0.25) is 5.02 Å². The molecule has 94 valence electrons. The lowest BCUT2D eigenvalue weighted by atomic mass is 10.1. The Labute approximate surface area is 115 Å². The normalized spacial score (nSPS) is 10.6. The minimum absolute atomic E-state index is 0.559. The first-order valence-corrected chi connectivity index (χ1v) is 6.19. The van der Waals surface area contributed by atoms with Crippen molar-refractivity contribution < 1.29 is 4.74 Å². The lowest BCUT2D eigenvalue weighted by Gasteiger charge is -2.10. The van der Waals surface area contributed by atoms with Crippen molar-refractivity contribution in [3.63, 3.8) is 0 Å². The Morgan fingerprint density at radius 3 is 2.63 bits per heavy atom. The monoisotopic (exact) mass is 270 g/mol. The molecule has 19 heavy (non-hydrogen) atoms. The maximum atomic E-state index is 6.09. The van der Waals surface area contributed by atoms with Crippen LogP contribution < -0.4 is 10.5 Å². The van der Waals surface area contributed by atoms with Crippen molar-refractivity contribution >= 4 is 28.2 Å². The molecule has 4 heteroatoms. The zero-order valence-corrected chi connectivity index (χ0v) is 10.8. The van der Waals surface area contributed by atoms with Crippen LogP contribution in [-0.4, -0.2) is 4.98 Å². The quantitative estimate of drug-likeness (QED) is 0.708. The van der Waals surface area contributed by atoms with Gasteiger partial charge in [-0.2, -0.15) is 0 Å². The minimum Gasteiger partial charge on any atom is -0.454 e. The summed E-state index contributed by atoms with van der Waals surface area (Å²) >= 11 is 6.09. The molecule has 2 aromatic carbocycles. The molecule has 0 radical (unpaired) electrons. The minimum atomic E-state index is 0.559. The maximum absolute atomic E-state index is 6.09. The fourth-order valence-electron chi connectivity index (χ4n) is 1.90. The fraction of sp³-hybridized carbons (Fsp3) is 0. The summed E-state index contributed by atoms with van der Waals surface area (Å²) in [5.41, 5.74) is 7.33. The van der Waals surface area contributed by atoms with Gasteiger partial charge in [0.25, 0.3) is 0 Å². The summed E-state index contributed by atoms with van der Waals surface area (Å²) in [6, 6.07) is 14.7. The van der Waals surface area contributed by atoms with Crippen LogP contribution in [0.25, 0.3) is 10.9 Å². The molecule has 0 amide bonds. The highest BCUT2D eigenvalue weighted by molar-refractivity contribution is 6.32. The third-order valence-corrected chi connectivity index (χ3v) is 3.14. The average molecular weight is 271 g/mol. The maximum Gasteiger partial charge on any atom is 0.153 e. The topological polar surface area (TPSA) is 48.1 Å². The number of nitrogens with zero attached hydrogens (tertiary/aromatic N) is 1. The summed E-state index contributed by atoms with van der Waals surface area (Å²) < 4.78 is 5.83. The molecule has 3 rings (SSSR count). The van der Waals surface area contributed by atoms with E-state index in [0.29, 0.717) is 22.2 Å². The van der Waals surface area contributed by atoms with Crippen LogP contribution >= 0.6 is 11.6 Å². The first-order valence-electron chi connectivity index (χ1n) is 5.81. The van der Waals surface area contributed by atoms with E-state index < -0.39 is 0 Å². The van der Waals surface area contributed by atoms with Gasteiger partial charge in [-0.25, -0.2) is 0 Å². The predicted molar refractivity (Wildman–Crippen MR) is 77.7 cm³/mol. The number of para-hydroxylation sites is 1. The summed E-state index contributed by atoms with van der Waals surface area (Å²) in [6.07, 6.45) is 1.71. The highest BCUT2D eigenvalue weighted by atomic mass is 35.5. The SMILES string of the molecule is Nc1ccc(Oc2ccccc2Cl)c2ncccc12. The smallest absolute Gasteiger partial charge is 0.153 e. The zero-order valence-electron chi connectivity index (χ0n) is 10.0. The second kappa shape index (κ2) is 4.78. The van der Waals surface area contributed by atoms with E-state index in [9.17, 15) is 0 Å². The number of hydrogen-bond acceptors (Lipinski definition) is 3. The second-order valence-electron chi connectivity index (χ2n) is 4.08. The van der Waals surface area contributed by atoms with Gasteiger partial charge in [0.2, 0.25) is 0 Å². The third-order valence-electron chi connectivity index (χ3n) is 2.82. The number of nitrogen functional groups attached to an aromatic ring is 1. The molecule has 2 N–H and O–H groups in total. The van der Waals surface area contributed by atoms with Crippen LogP contribution in [0.5, 0.6) is 11.5 Å². The van der Waals surface area contributed by atoms with Crippen molar-refractivity contribution in [2.75, 3.05) is 5.73 Å². The number of pyridine rings is 1. The molecular formula is C15H11ClN2O. The number of rotatable bonds is 2. The fourth-order valence-corrected chi connectivity index (χ4v) is 2.07. The van der Waals surface area contributed by atoms with Gasteiger partial charge in [0, 0.05) is 17.3 Å². The molecule has 0 unspecified atom stereocenters. The van der Waals surface area contributed by atoms with Crippen LogP contribution in [0.4, 0.5) is 5.69 Å². The molecule has 1 heterocycles. The second-order valence-corrected chi connectivity index (χ2v) is 4.49. The number of nitrogens with two attached hydrogens (primary N) is 1. The van der Waals surface area contributed by atoms with Crippen molar-refractivity contribution in [3.05, 3.63) is 59.8 Å². The van der Waals surface area contributed by atoms with E-state index in [1.807, 2.05) is 30.3 Å². The summed E-state index contributed by atoms with van der Waals surface area (Å²) in [5, 5.41) is 1.43. The Morgan fingerprint density at radius 2 is 1.79 bits per heavy atom. The highest BCUT2D eigenvalue weighted by Crippen LogP contribution is 2.34. The van der Waals surface area contributed by atoms with Gasteiger partial charge in [-0.05, 0) is 36.4 Å². The van der Waals surface area contributed by atoms with E-state index in [4.69, 9.17) is 22.1 Å². The number of benzene rings is 2. The molecule has 0 fully saturated rings. The summed E-state index contributed by atoms with van der Waals surface area (Å²) in [7, 11) is 0. The van der Waals surface area contributed by atoms with E-state index >= 15 is 0 Å². The van der Waals surface area contributed by atoms with Gasteiger partial charge in [0.05, 0.1) is 5.02 Å². The average Bonchev–Trinajstić information content (AvgIpc) is 2.44. The Morgan fingerprint density at radius 1 is 0.947 bits per heavy atom. The van der Waals surface area contributed by atoms with E-state index in [1.54, 1.807) is 24.4 Å². The summed E-state index contributed by atoms with van der Waals surface area (Å²) in [4.78, 5) is 4.32. The molecule has 0 atom stereocenters. The standard InChI is InChI=1S/C15H11ClN2O/c16-11-5-1-2-6-13(11)19-14-8-7-12(17)10-4-3-9-18-15(10)14/h1-9H,17H2. The molecule has 0 saturated heterocycles. The summed E-state index contributed by atoms with van der Waals surface area (Å²) in [5.74, 6) is 1.23. The van der Waals surface area contributed by atoms with Crippen LogP contribution in [0.1, 0.15) is 0 Å². The van der Waals surface area contributed by atoms with Crippen LogP contribution in [-0.2, 0) is 0 Å². The Bertz CT molecular complexity index is 743. The Hall–Kier alpha value is -2.26. The zero-order chi connectivity index (χ0) is 13.2. The molecule has 0 aliphatic carbocycles. The number of anilines is 1. The van der Waals surface area contributed by atoms with E-state index in [0.717, 1.165) is 10.9 Å². The number of halogens is 1. The molecule has 0 spiro atoms. The molecular weight excluding hydrogens is 260 g/mol. The van der Waals surface area contributed by atoms with Crippen LogP contribution in [0.3, 0.4) is 0 Å². The lowest BCUT2D eigenvalue weighted by molar-refractivity contribution is 0.487. The number of ether oxygens (including phenoxy) is 1. The Balaban J connectivity index is 2.12. The van der Waals surface area contributed by atoms with Gasteiger partial charge < -0.3 is 10.5 Å². The molecule has 0 aliphatic heterocycles. The van der Waals surface area contributed by atoms with Gasteiger partial charge >= 0.3 is 0 Å². The van der Waals surface area contributed by atoms with Gasteiger partial charge in [-0.1, -0.05) is 23.7 Å². The third kappa shape index (κ3) is 2.20. The van der Waals surface area contributed by atoms with Gasteiger partial charge in [-0.3, -0.25) is 4.98 Å². The largest absolute Gasteiger partial charge is 0.454 e. The molecule has 3 aromatic rings. The van der Waals surface area contributed by atoms with Crippen LogP contribution in [0, 0.1) is 0 Å². The van der Waals surface area contributed by atoms with Crippen molar-refractivity contribution in [2.45, 2.75) is 0 Å². The van der Waals surface area contributed by atoms with Gasteiger partial charge in [0.1, 0.15) is 11.3 Å². The van der Waals surface area contributed by atoms with E-state index in [1.165, 1.54) is 0 Å². The van der Waals surface area contributed by atoms with Crippen molar-refractivity contribution in [1.82, 2.24) is 4.98 Å². The first-order chi connectivity index (χ1) is 9.25. The van der Waals surface area contributed by atoms with Crippen molar-refractivity contribution in [3.8, 4) is 11.5 Å². The predicted octanol–water partition coefficient (Wildman–Crippen LogP) is 4.26. The Kier molecular flexibility index (Phi) is 2.97. The lowest BCUT2D eigenvalue weighted by Crippen LogP contribution is -1.92. The highest BCUT2D eigenvalue weighted by Gasteiger charge is 2.08. The number of fused-ring (bicyclic) bond motifs is 1. The summed E-state index contributed by atoms with van der Waals surface area (Å²) in [6.45, 7) is 0. The number of hydrogen-bond donors (Lipinski definition) is 1. The molecule has 0 aliphatic rings. The molecule has 1 aromatic heterocycles. The van der Waals surface area contributed by atoms with Crippen molar-refractivity contribution in [2.24, 2.45) is 0 Å². The number of aromatic nitrogens is 1. The first kappa shape index (κ1) is 11.8. The molecule has 0 saturated carbocycles. The van der Waals surface area contributed by atoms with E-state index in [-0.39, 0.29) is 0 Å².